The number of hydrogen-bond acceptors (Lipinski definition) is 4. The third kappa shape index (κ3) is 5.05. The summed E-state index contributed by atoms with van der Waals surface area (Å²) in [5, 5.41) is 16.2. The quantitative estimate of drug-likeness (QED) is 0.834. The van der Waals surface area contributed by atoms with Gasteiger partial charge in [-0.3, -0.25) is 0 Å². The van der Waals surface area contributed by atoms with E-state index in [1.807, 2.05) is 11.6 Å². The molecule has 2 N–H and O–H groups in total. The number of thiazole rings is 1. The van der Waals surface area contributed by atoms with Gasteiger partial charge in [0.15, 0.2) is 0 Å². The summed E-state index contributed by atoms with van der Waals surface area (Å²) in [7, 11) is 0. The maximum Gasteiger partial charge on any atom is 0.109 e. The zero-order valence-corrected chi connectivity index (χ0v) is 11.3. The molecule has 1 rings (SSSR count). The van der Waals surface area contributed by atoms with Crippen LogP contribution in [0.5, 0.6) is 0 Å². The summed E-state index contributed by atoms with van der Waals surface area (Å²) in [6.45, 7) is 9.11. The Morgan fingerprint density at radius 1 is 1.50 bits per heavy atom. The first-order valence-electron chi connectivity index (χ1n) is 5.69. The summed E-state index contributed by atoms with van der Waals surface area (Å²) in [4.78, 5) is 4.24. The van der Waals surface area contributed by atoms with Crippen LogP contribution in [0, 0.1) is 5.41 Å². The van der Waals surface area contributed by atoms with Crippen LogP contribution in [-0.2, 0) is 0 Å². The average molecular weight is 242 g/mol. The second-order valence-corrected chi connectivity index (χ2v) is 6.35. The van der Waals surface area contributed by atoms with E-state index in [2.05, 4.69) is 38.0 Å². The highest BCUT2D eigenvalue weighted by Crippen LogP contribution is 2.21. The minimum Gasteiger partial charge on any atom is -0.392 e. The molecule has 0 radical (unpaired) electrons. The molecule has 1 aromatic rings. The second kappa shape index (κ2) is 5.75. The third-order valence-corrected chi connectivity index (χ3v) is 3.29. The fraction of sp³-hybridized carbons (Fsp3) is 0.750. The smallest absolute Gasteiger partial charge is 0.109 e. The molecule has 16 heavy (non-hydrogen) atoms. The van der Waals surface area contributed by atoms with Crippen LogP contribution in [0.2, 0.25) is 0 Å². The molecule has 0 saturated heterocycles. The Hall–Kier alpha value is -0.450. The molecule has 1 heterocycles. The monoisotopic (exact) mass is 242 g/mol. The van der Waals surface area contributed by atoms with Crippen molar-refractivity contribution in [3.8, 4) is 0 Å². The summed E-state index contributed by atoms with van der Waals surface area (Å²) in [5.74, 6) is 0. The van der Waals surface area contributed by atoms with E-state index in [-0.39, 0.29) is 17.6 Å². The van der Waals surface area contributed by atoms with Gasteiger partial charge in [-0.1, -0.05) is 20.8 Å². The lowest BCUT2D eigenvalue weighted by atomic mass is 9.89. The van der Waals surface area contributed by atoms with Crippen molar-refractivity contribution in [2.45, 2.75) is 46.3 Å². The molecule has 0 spiro atoms. The van der Waals surface area contributed by atoms with Crippen LogP contribution in [-0.4, -0.2) is 22.7 Å². The molecule has 0 aliphatic carbocycles. The summed E-state index contributed by atoms with van der Waals surface area (Å²) < 4.78 is 0. The SMILES string of the molecule is CC(NCC(O)CC(C)(C)C)c1nccs1. The zero-order chi connectivity index (χ0) is 12.2. The largest absolute Gasteiger partial charge is 0.392 e. The van der Waals surface area contributed by atoms with Gasteiger partial charge in [0.1, 0.15) is 5.01 Å². The molecule has 0 aliphatic rings. The summed E-state index contributed by atoms with van der Waals surface area (Å²) in [5.41, 5.74) is 0.172. The van der Waals surface area contributed by atoms with Crippen molar-refractivity contribution in [2.75, 3.05) is 6.54 Å². The molecular formula is C12H22N2OS. The van der Waals surface area contributed by atoms with Crippen LogP contribution in [0.25, 0.3) is 0 Å². The van der Waals surface area contributed by atoms with Gasteiger partial charge in [-0.05, 0) is 18.8 Å². The molecule has 0 aliphatic heterocycles. The Morgan fingerprint density at radius 3 is 2.69 bits per heavy atom. The number of aromatic nitrogens is 1. The maximum absolute atomic E-state index is 9.85. The standard InChI is InChI=1S/C12H22N2OS/c1-9(11-13-5-6-16-11)14-8-10(15)7-12(2,3)4/h5-6,9-10,14-15H,7-8H2,1-4H3. The van der Waals surface area contributed by atoms with Gasteiger partial charge in [-0.15, -0.1) is 11.3 Å². The fourth-order valence-corrected chi connectivity index (χ4v) is 2.30. The number of aliphatic hydroxyl groups is 1. The Kier molecular flexibility index (Phi) is 4.89. The molecule has 4 heteroatoms. The number of nitrogens with zero attached hydrogens (tertiary/aromatic N) is 1. The van der Waals surface area contributed by atoms with E-state index >= 15 is 0 Å². The number of nitrogens with one attached hydrogen (secondary N) is 1. The van der Waals surface area contributed by atoms with Crippen LogP contribution >= 0.6 is 11.3 Å². The predicted octanol–water partition coefficient (Wildman–Crippen LogP) is 2.59. The maximum atomic E-state index is 9.85. The van der Waals surface area contributed by atoms with E-state index in [1.165, 1.54) is 0 Å². The first-order chi connectivity index (χ1) is 7.38. The van der Waals surface area contributed by atoms with Crippen LogP contribution in [0.4, 0.5) is 0 Å². The summed E-state index contributed by atoms with van der Waals surface area (Å²) in [6, 6.07) is 0.217. The molecule has 2 atom stereocenters. The van der Waals surface area contributed by atoms with Gasteiger partial charge in [0.05, 0.1) is 12.1 Å². The summed E-state index contributed by atoms with van der Waals surface area (Å²) in [6.07, 6.45) is 2.33. The van der Waals surface area contributed by atoms with Gasteiger partial charge < -0.3 is 10.4 Å². The van der Waals surface area contributed by atoms with Crippen molar-refractivity contribution in [1.29, 1.82) is 0 Å². The van der Waals surface area contributed by atoms with Crippen molar-refractivity contribution in [3.63, 3.8) is 0 Å². The van der Waals surface area contributed by atoms with Gasteiger partial charge in [0, 0.05) is 18.1 Å². The lowest BCUT2D eigenvalue weighted by Gasteiger charge is -2.23. The normalized spacial score (nSPS) is 16.1. The molecule has 0 amide bonds. The molecule has 0 saturated carbocycles. The Labute approximate surface area is 102 Å². The molecule has 2 unspecified atom stereocenters. The van der Waals surface area contributed by atoms with Crippen LogP contribution < -0.4 is 5.32 Å². The highest BCUT2D eigenvalue weighted by atomic mass is 32.1. The lowest BCUT2D eigenvalue weighted by molar-refractivity contribution is 0.117. The highest BCUT2D eigenvalue weighted by Gasteiger charge is 2.17. The highest BCUT2D eigenvalue weighted by molar-refractivity contribution is 7.09. The van der Waals surface area contributed by atoms with Crippen molar-refractivity contribution in [1.82, 2.24) is 10.3 Å². The first-order valence-corrected chi connectivity index (χ1v) is 6.57. The third-order valence-electron chi connectivity index (χ3n) is 2.33. The molecule has 92 valence electrons. The van der Waals surface area contributed by atoms with E-state index in [4.69, 9.17) is 0 Å². The molecule has 0 fully saturated rings. The predicted molar refractivity (Wildman–Crippen MR) is 68.6 cm³/mol. The minimum atomic E-state index is -0.289. The molecule has 3 nitrogen and oxygen atoms in total. The van der Waals surface area contributed by atoms with Crippen LogP contribution in [0.1, 0.15) is 45.2 Å². The lowest BCUT2D eigenvalue weighted by Crippen LogP contribution is -2.31. The molecule has 0 aromatic carbocycles. The Morgan fingerprint density at radius 2 is 2.19 bits per heavy atom. The zero-order valence-electron chi connectivity index (χ0n) is 10.5. The van der Waals surface area contributed by atoms with Crippen molar-refractivity contribution in [3.05, 3.63) is 16.6 Å². The van der Waals surface area contributed by atoms with E-state index in [1.54, 1.807) is 11.3 Å². The number of rotatable bonds is 5. The number of hydrogen-bond donors (Lipinski definition) is 2. The van der Waals surface area contributed by atoms with Gasteiger partial charge in [0.25, 0.3) is 0 Å². The van der Waals surface area contributed by atoms with Crippen LogP contribution in [0.15, 0.2) is 11.6 Å². The van der Waals surface area contributed by atoms with E-state index < -0.39 is 0 Å². The molecule has 1 aromatic heterocycles. The van der Waals surface area contributed by atoms with Crippen molar-refractivity contribution < 1.29 is 5.11 Å². The van der Waals surface area contributed by atoms with Crippen molar-refractivity contribution >= 4 is 11.3 Å². The van der Waals surface area contributed by atoms with E-state index in [9.17, 15) is 5.11 Å². The van der Waals surface area contributed by atoms with E-state index in [0.29, 0.717) is 6.54 Å². The van der Waals surface area contributed by atoms with Gasteiger partial charge in [-0.25, -0.2) is 4.98 Å². The Bertz CT molecular complexity index is 292. The summed E-state index contributed by atoms with van der Waals surface area (Å²) >= 11 is 1.64. The average Bonchev–Trinajstić information content (AvgIpc) is 2.64. The second-order valence-electron chi connectivity index (χ2n) is 5.42. The topological polar surface area (TPSA) is 45.1 Å². The Balaban J connectivity index is 2.29. The van der Waals surface area contributed by atoms with Crippen LogP contribution in [0.3, 0.4) is 0 Å². The van der Waals surface area contributed by atoms with Gasteiger partial charge in [0.2, 0.25) is 0 Å². The fourth-order valence-electron chi connectivity index (χ4n) is 1.63. The van der Waals surface area contributed by atoms with Gasteiger partial charge >= 0.3 is 0 Å². The number of aliphatic hydroxyl groups excluding tert-OH is 1. The molecule has 0 bridgehead atoms. The minimum absolute atomic E-state index is 0.172. The van der Waals surface area contributed by atoms with E-state index in [0.717, 1.165) is 11.4 Å². The first kappa shape index (κ1) is 13.6. The molecular weight excluding hydrogens is 220 g/mol. The van der Waals surface area contributed by atoms with Gasteiger partial charge in [-0.2, -0.15) is 0 Å². The van der Waals surface area contributed by atoms with Crippen molar-refractivity contribution in [2.24, 2.45) is 5.41 Å².